The lowest BCUT2D eigenvalue weighted by Crippen LogP contribution is -2.50. The minimum atomic E-state index is -2.13. The van der Waals surface area contributed by atoms with Gasteiger partial charge >= 0.3 is 0 Å². The molecule has 0 aromatic carbocycles. The van der Waals surface area contributed by atoms with E-state index in [1.165, 1.54) is 5.48 Å². The molecule has 0 saturated heterocycles. The van der Waals surface area contributed by atoms with Crippen molar-refractivity contribution in [2.75, 3.05) is 13.2 Å². The third-order valence-corrected chi connectivity index (χ3v) is 1.67. The summed E-state index contributed by atoms with van der Waals surface area (Å²) < 4.78 is 0. The normalized spacial score (nSPS) is 13.9. The van der Waals surface area contributed by atoms with Crippen LogP contribution in [0.1, 0.15) is 6.42 Å². The first-order chi connectivity index (χ1) is 6.00. The van der Waals surface area contributed by atoms with E-state index in [-0.39, 0.29) is 0 Å². The molecule has 0 spiro atoms. The number of aliphatic hydroxyl groups excluding tert-OH is 3. The summed E-state index contributed by atoms with van der Waals surface area (Å²) in [4.78, 5) is 10.5. The molecule has 78 valence electrons. The molecular formula is C6H13NO6. The number of carbonyl (C=O) groups excluding carboxylic acids is 1. The molecule has 7 heteroatoms. The number of nitrogens with one attached hydrogen (secondary N) is 1. The van der Waals surface area contributed by atoms with Crippen LogP contribution in [0.3, 0.4) is 0 Å². The Morgan fingerprint density at radius 1 is 1.38 bits per heavy atom. The second-order valence-corrected chi connectivity index (χ2v) is 2.67. The Balaban J connectivity index is 4.21. The molecule has 1 amide bonds. The fraction of sp³-hybridized carbons (Fsp3) is 0.833. The Hall–Kier alpha value is -0.730. The molecule has 0 bridgehead atoms. The van der Waals surface area contributed by atoms with Crippen molar-refractivity contribution in [1.29, 1.82) is 0 Å². The van der Waals surface area contributed by atoms with Gasteiger partial charge in [-0.3, -0.25) is 10.0 Å². The van der Waals surface area contributed by atoms with Gasteiger partial charge in [-0.15, -0.1) is 0 Å². The molecular weight excluding hydrogens is 182 g/mol. The van der Waals surface area contributed by atoms with Crippen molar-refractivity contribution in [3.8, 4) is 0 Å². The van der Waals surface area contributed by atoms with Crippen molar-refractivity contribution in [2.24, 2.45) is 0 Å². The van der Waals surface area contributed by atoms with Crippen LogP contribution in [0.25, 0.3) is 0 Å². The number of hydrogen-bond donors (Lipinski definition) is 6. The van der Waals surface area contributed by atoms with Crippen molar-refractivity contribution < 1.29 is 30.4 Å². The highest BCUT2D eigenvalue weighted by molar-refractivity contribution is 5.75. The molecule has 0 aromatic heterocycles. The van der Waals surface area contributed by atoms with Gasteiger partial charge in [-0.2, -0.15) is 0 Å². The largest absolute Gasteiger partial charge is 0.393 e. The van der Waals surface area contributed by atoms with Crippen molar-refractivity contribution in [3.63, 3.8) is 0 Å². The average Bonchev–Trinajstić information content (AvgIpc) is 2.16. The lowest BCUT2D eigenvalue weighted by molar-refractivity contribution is -0.149. The van der Waals surface area contributed by atoms with Crippen molar-refractivity contribution >= 4 is 5.91 Å². The highest BCUT2D eigenvalue weighted by atomic mass is 16.5. The Bertz CT molecular complexity index is 169. The van der Waals surface area contributed by atoms with Crippen LogP contribution >= 0.6 is 0 Å². The lowest BCUT2D eigenvalue weighted by Gasteiger charge is -2.28. The maximum Gasteiger partial charge on any atom is 0.246 e. The highest BCUT2D eigenvalue weighted by Gasteiger charge is 2.35. The lowest BCUT2D eigenvalue weighted by atomic mass is 9.96. The smallest absolute Gasteiger partial charge is 0.246 e. The third-order valence-electron chi connectivity index (χ3n) is 1.67. The van der Waals surface area contributed by atoms with Crippen LogP contribution in [0.4, 0.5) is 0 Å². The predicted molar refractivity (Wildman–Crippen MR) is 39.7 cm³/mol. The van der Waals surface area contributed by atoms with Gasteiger partial charge in [0, 0.05) is 0 Å². The van der Waals surface area contributed by atoms with Gasteiger partial charge in [-0.25, -0.2) is 5.48 Å². The van der Waals surface area contributed by atoms with E-state index in [0.717, 1.165) is 0 Å². The first kappa shape index (κ1) is 12.3. The van der Waals surface area contributed by atoms with E-state index in [2.05, 4.69) is 0 Å². The molecule has 0 aromatic rings. The Morgan fingerprint density at radius 3 is 2.15 bits per heavy atom. The number of amides is 1. The monoisotopic (exact) mass is 195 g/mol. The third kappa shape index (κ3) is 3.25. The predicted octanol–water partition coefficient (Wildman–Crippen LogP) is -3.04. The zero-order chi connectivity index (χ0) is 10.5. The molecule has 0 aliphatic rings. The van der Waals surface area contributed by atoms with Crippen molar-refractivity contribution in [1.82, 2.24) is 5.48 Å². The fourth-order valence-corrected chi connectivity index (χ4v) is 0.672. The van der Waals surface area contributed by atoms with E-state index in [4.69, 9.17) is 20.5 Å². The summed E-state index contributed by atoms with van der Waals surface area (Å²) in [5.74, 6) is -0.923. The molecule has 7 nitrogen and oxygen atoms in total. The van der Waals surface area contributed by atoms with Crippen molar-refractivity contribution in [3.05, 3.63) is 0 Å². The molecule has 0 aliphatic heterocycles. The standard InChI is InChI=1S/C6H13NO6/c8-2-6(12,3-9)4(10)1-5(11)7-13/h4,8-10,12-13H,1-3H2,(H,7,11). The second-order valence-electron chi connectivity index (χ2n) is 2.67. The zero-order valence-electron chi connectivity index (χ0n) is 6.84. The molecule has 0 heterocycles. The number of carbonyl (C=O) groups is 1. The van der Waals surface area contributed by atoms with Gasteiger partial charge < -0.3 is 20.4 Å². The summed E-state index contributed by atoms with van der Waals surface area (Å²) in [5.41, 5.74) is -0.890. The van der Waals surface area contributed by atoms with Gasteiger partial charge in [-0.05, 0) is 0 Å². The molecule has 0 aliphatic carbocycles. The van der Waals surface area contributed by atoms with E-state index in [0.29, 0.717) is 0 Å². The van der Waals surface area contributed by atoms with Crippen LogP contribution in [0.5, 0.6) is 0 Å². The zero-order valence-corrected chi connectivity index (χ0v) is 6.84. The molecule has 0 radical (unpaired) electrons. The summed E-state index contributed by atoms with van der Waals surface area (Å²) in [6.45, 7) is -1.77. The summed E-state index contributed by atoms with van der Waals surface area (Å²) in [7, 11) is 0. The number of hydroxylamine groups is 1. The molecule has 1 atom stereocenters. The highest BCUT2D eigenvalue weighted by Crippen LogP contribution is 2.12. The maximum absolute atomic E-state index is 10.5. The van der Waals surface area contributed by atoms with Gasteiger partial charge in [0.2, 0.25) is 5.91 Å². The van der Waals surface area contributed by atoms with Crippen LogP contribution in [-0.2, 0) is 4.79 Å². The van der Waals surface area contributed by atoms with Crippen molar-refractivity contribution in [2.45, 2.75) is 18.1 Å². The maximum atomic E-state index is 10.5. The Labute approximate surface area is 74.2 Å². The topological polar surface area (TPSA) is 130 Å². The second kappa shape index (κ2) is 5.10. The van der Waals surface area contributed by atoms with Crippen LogP contribution in [-0.4, -0.2) is 56.5 Å². The number of aliphatic hydroxyl groups is 4. The van der Waals surface area contributed by atoms with E-state index < -0.39 is 37.2 Å². The summed E-state index contributed by atoms with van der Waals surface area (Å²) in [6.07, 6.45) is -2.26. The van der Waals surface area contributed by atoms with E-state index in [1.807, 2.05) is 0 Å². The minimum Gasteiger partial charge on any atom is -0.393 e. The molecule has 0 saturated carbocycles. The molecule has 0 fully saturated rings. The van der Waals surface area contributed by atoms with E-state index in [9.17, 15) is 9.90 Å². The fourth-order valence-electron chi connectivity index (χ4n) is 0.672. The van der Waals surface area contributed by atoms with Gasteiger partial charge in [0.1, 0.15) is 5.60 Å². The molecule has 0 rings (SSSR count). The van der Waals surface area contributed by atoms with Gasteiger partial charge in [-0.1, -0.05) is 0 Å². The Kier molecular flexibility index (Phi) is 4.81. The van der Waals surface area contributed by atoms with Crippen LogP contribution in [0.15, 0.2) is 0 Å². The quantitative estimate of drug-likeness (QED) is 0.204. The summed E-state index contributed by atoms with van der Waals surface area (Å²) in [6, 6.07) is 0. The minimum absolute atomic E-state index is 0.617. The van der Waals surface area contributed by atoms with Crippen LogP contribution in [0.2, 0.25) is 0 Å². The SMILES string of the molecule is O=C(CC(O)C(O)(CO)CO)NO. The summed E-state index contributed by atoms with van der Waals surface area (Å²) in [5, 5.41) is 43.6. The first-order valence-electron chi connectivity index (χ1n) is 3.55. The van der Waals surface area contributed by atoms with Crippen LogP contribution in [0, 0.1) is 0 Å². The molecule has 1 unspecified atom stereocenters. The average molecular weight is 195 g/mol. The molecule has 6 N–H and O–H groups in total. The Morgan fingerprint density at radius 2 is 1.85 bits per heavy atom. The van der Waals surface area contributed by atoms with Gasteiger partial charge in [0.05, 0.1) is 25.7 Å². The molecule has 13 heavy (non-hydrogen) atoms. The summed E-state index contributed by atoms with van der Waals surface area (Å²) >= 11 is 0. The van der Waals surface area contributed by atoms with Gasteiger partial charge in [0.25, 0.3) is 0 Å². The van der Waals surface area contributed by atoms with Gasteiger partial charge in [0.15, 0.2) is 0 Å². The first-order valence-corrected chi connectivity index (χ1v) is 3.55. The van der Waals surface area contributed by atoms with E-state index in [1.54, 1.807) is 0 Å². The van der Waals surface area contributed by atoms with E-state index >= 15 is 0 Å². The van der Waals surface area contributed by atoms with Crippen LogP contribution < -0.4 is 5.48 Å². The number of hydrogen-bond acceptors (Lipinski definition) is 6. The number of rotatable bonds is 5.